The Morgan fingerprint density at radius 2 is 2.27 bits per heavy atom. The molecule has 1 atom stereocenters. The van der Waals surface area contributed by atoms with Crippen LogP contribution in [-0.2, 0) is 11.2 Å². The summed E-state index contributed by atoms with van der Waals surface area (Å²) in [6.45, 7) is 3.80. The minimum Gasteiger partial charge on any atom is -0.481 e. The van der Waals surface area contributed by atoms with Gasteiger partial charge in [-0.05, 0) is 31.9 Å². The van der Waals surface area contributed by atoms with Crippen molar-refractivity contribution in [3.63, 3.8) is 0 Å². The zero-order valence-corrected chi connectivity index (χ0v) is 10.5. The summed E-state index contributed by atoms with van der Waals surface area (Å²) >= 11 is 7.28. The van der Waals surface area contributed by atoms with Crippen LogP contribution in [0.25, 0.3) is 0 Å². The Kier molecular flexibility index (Phi) is 4.17. The third-order valence-corrected chi connectivity index (χ3v) is 3.74. The fourth-order valence-electron chi connectivity index (χ4n) is 1.65. The van der Waals surface area contributed by atoms with Crippen molar-refractivity contribution in [2.24, 2.45) is 5.41 Å². The molecule has 1 heterocycles. The highest BCUT2D eigenvalue weighted by Gasteiger charge is 2.32. The molecule has 0 aliphatic heterocycles. The fourth-order valence-corrected chi connectivity index (χ4v) is 2.93. The first-order valence-corrected chi connectivity index (χ1v) is 6.15. The van der Waals surface area contributed by atoms with Crippen LogP contribution in [0.2, 0.25) is 4.34 Å². The Balaban J connectivity index is 2.79. The van der Waals surface area contributed by atoms with Crippen molar-refractivity contribution >= 4 is 28.9 Å². The number of hydrogen-bond acceptors (Lipinski definition) is 2. The second-order valence-electron chi connectivity index (χ2n) is 4.00. The Labute approximate surface area is 98.9 Å². The highest BCUT2D eigenvalue weighted by molar-refractivity contribution is 7.16. The van der Waals surface area contributed by atoms with Crippen LogP contribution in [0.5, 0.6) is 0 Å². The molecule has 0 amide bonds. The second kappa shape index (κ2) is 4.99. The van der Waals surface area contributed by atoms with Crippen molar-refractivity contribution in [2.75, 3.05) is 0 Å². The third kappa shape index (κ3) is 3.21. The Morgan fingerprint density at radius 3 is 2.67 bits per heavy atom. The zero-order valence-electron chi connectivity index (χ0n) is 8.92. The van der Waals surface area contributed by atoms with Crippen molar-refractivity contribution in [3.05, 3.63) is 21.3 Å². The molecule has 1 unspecified atom stereocenters. The van der Waals surface area contributed by atoms with Crippen LogP contribution in [0.1, 0.15) is 31.6 Å². The molecular formula is C11H15ClO2S. The summed E-state index contributed by atoms with van der Waals surface area (Å²) in [4.78, 5) is 12.2. The van der Waals surface area contributed by atoms with E-state index in [0.29, 0.717) is 17.2 Å². The van der Waals surface area contributed by atoms with Gasteiger partial charge >= 0.3 is 5.97 Å². The molecule has 2 nitrogen and oxygen atoms in total. The second-order valence-corrected chi connectivity index (χ2v) is 5.80. The van der Waals surface area contributed by atoms with E-state index in [4.69, 9.17) is 11.6 Å². The summed E-state index contributed by atoms with van der Waals surface area (Å²) in [6, 6.07) is 3.72. The van der Waals surface area contributed by atoms with Crippen LogP contribution >= 0.6 is 22.9 Å². The monoisotopic (exact) mass is 246 g/mol. The summed E-state index contributed by atoms with van der Waals surface area (Å²) < 4.78 is 0.717. The smallest absolute Gasteiger partial charge is 0.309 e. The number of carbonyl (C=O) groups is 1. The van der Waals surface area contributed by atoms with Crippen LogP contribution in [0.4, 0.5) is 0 Å². The van der Waals surface area contributed by atoms with E-state index in [-0.39, 0.29) is 0 Å². The maximum absolute atomic E-state index is 11.2. The maximum Gasteiger partial charge on any atom is 0.309 e. The molecule has 0 saturated heterocycles. The predicted molar refractivity (Wildman–Crippen MR) is 63.7 cm³/mol. The van der Waals surface area contributed by atoms with E-state index in [1.165, 1.54) is 11.3 Å². The van der Waals surface area contributed by atoms with Crippen molar-refractivity contribution in [3.8, 4) is 0 Å². The molecule has 4 heteroatoms. The third-order valence-electron chi connectivity index (χ3n) is 2.51. The summed E-state index contributed by atoms with van der Waals surface area (Å²) in [5.41, 5.74) is -0.664. The van der Waals surface area contributed by atoms with Gasteiger partial charge in [0.15, 0.2) is 0 Å². The number of carboxylic acid groups (broad SMARTS) is 1. The molecule has 15 heavy (non-hydrogen) atoms. The Bertz CT molecular complexity index is 348. The SMILES string of the molecule is CCCC(C)(Cc1ccc(Cl)s1)C(=O)O. The van der Waals surface area contributed by atoms with Gasteiger partial charge in [0.1, 0.15) is 0 Å². The molecule has 1 rings (SSSR count). The lowest BCUT2D eigenvalue weighted by Crippen LogP contribution is -2.29. The minimum absolute atomic E-state index is 0.563. The van der Waals surface area contributed by atoms with Crippen molar-refractivity contribution in [1.82, 2.24) is 0 Å². The fraction of sp³-hybridized carbons (Fsp3) is 0.545. The van der Waals surface area contributed by atoms with E-state index in [1.54, 1.807) is 6.92 Å². The molecule has 0 saturated carbocycles. The van der Waals surface area contributed by atoms with Gasteiger partial charge in [-0.15, -0.1) is 11.3 Å². The Hall–Kier alpha value is -0.540. The van der Waals surface area contributed by atoms with Gasteiger partial charge in [-0.3, -0.25) is 4.79 Å². The number of carboxylic acids is 1. The van der Waals surface area contributed by atoms with Gasteiger partial charge < -0.3 is 5.11 Å². The van der Waals surface area contributed by atoms with Gasteiger partial charge in [-0.1, -0.05) is 24.9 Å². The van der Waals surface area contributed by atoms with Gasteiger partial charge in [0, 0.05) is 4.88 Å². The van der Waals surface area contributed by atoms with E-state index in [9.17, 15) is 9.90 Å². The molecular weight excluding hydrogens is 232 g/mol. The topological polar surface area (TPSA) is 37.3 Å². The molecule has 0 spiro atoms. The number of aliphatic carboxylic acids is 1. The molecule has 1 N–H and O–H groups in total. The number of hydrogen-bond donors (Lipinski definition) is 1. The lowest BCUT2D eigenvalue weighted by Gasteiger charge is -2.23. The number of halogens is 1. The van der Waals surface area contributed by atoms with E-state index in [2.05, 4.69) is 0 Å². The van der Waals surface area contributed by atoms with Crippen molar-refractivity contribution < 1.29 is 9.90 Å². The van der Waals surface area contributed by atoms with Crippen molar-refractivity contribution in [1.29, 1.82) is 0 Å². The van der Waals surface area contributed by atoms with Gasteiger partial charge in [-0.25, -0.2) is 0 Å². The number of rotatable bonds is 5. The average Bonchev–Trinajstić information content (AvgIpc) is 2.51. The average molecular weight is 247 g/mol. The van der Waals surface area contributed by atoms with Crippen LogP contribution in [-0.4, -0.2) is 11.1 Å². The van der Waals surface area contributed by atoms with Crippen LogP contribution < -0.4 is 0 Å². The first kappa shape index (κ1) is 12.5. The lowest BCUT2D eigenvalue weighted by atomic mass is 9.82. The lowest BCUT2D eigenvalue weighted by molar-refractivity contribution is -0.148. The zero-order chi connectivity index (χ0) is 11.5. The van der Waals surface area contributed by atoms with Crippen LogP contribution in [0, 0.1) is 5.41 Å². The largest absolute Gasteiger partial charge is 0.481 e. The highest BCUT2D eigenvalue weighted by Crippen LogP contribution is 2.32. The van der Waals surface area contributed by atoms with Gasteiger partial charge in [0.05, 0.1) is 9.75 Å². The highest BCUT2D eigenvalue weighted by atomic mass is 35.5. The first-order chi connectivity index (χ1) is 6.98. The molecule has 84 valence electrons. The van der Waals surface area contributed by atoms with E-state index >= 15 is 0 Å². The van der Waals surface area contributed by atoms with Gasteiger partial charge in [0.2, 0.25) is 0 Å². The molecule has 0 bridgehead atoms. The normalized spacial score (nSPS) is 14.9. The van der Waals surface area contributed by atoms with Gasteiger partial charge in [-0.2, -0.15) is 0 Å². The van der Waals surface area contributed by atoms with E-state index in [0.717, 1.165) is 11.3 Å². The van der Waals surface area contributed by atoms with E-state index in [1.807, 2.05) is 19.1 Å². The summed E-state index contributed by atoms with van der Waals surface area (Å²) in [6.07, 6.45) is 2.13. The molecule has 0 aliphatic rings. The number of thiophene rings is 1. The summed E-state index contributed by atoms with van der Waals surface area (Å²) in [5.74, 6) is -0.728. The summed E-state index contributed by atoms with van der Waals surface area (Å²) in [5, 5.41) is 9.20. The Morgan fingerprint density at radius 1 is 1.60 bits per heavy atom. The minimum atomic E-state index is -0.728. The molecule has 1 aromatic rings. The van der Waals surface area contributed by atoms with E-state index < -0.39 is 11.4 Å². The standard InChI is InChI=1S/C11H15ClO2S/c1-3-6-11(2,10(13)14)7-8-4-5-9(12)15-8/h4-5H,3,6-7H2,1-2H3,(H,13,14). The molecule has 1 aromatic heterocycles. The quantitative estimate of drug-likeness (QED) is 0.857. The summed E-state index contributed by atoms with van der Waals surface area (Å²) in [7, 11) is 0. The molecule has 0 fully saturated rings. The predicted octanol–water partition coefficient (Wildman–Crippen LogP) is 3.84. The van der Waals surface area contributed by atoms with Crippen LogP contribution in [0.3, 0.4) is 0 Å². The maximum atomic E-state index is 11.2. The van der Waals surface area contributed by atoms with Crippen molar-refractivity contribution in [2.45, 2.75) is 33.1 Å². The van der Waals surface area contributed by atoms with Crippen LogP contribution in [0.15, 0.2) is 12.1 Å². The molecule has 0 radical (unpaired) electrons. The first-order valence-electron chi connectivity index (χ1n) is 4.95. The van der Waals surface area contributed by atoms with Gasteiger partial charge in [0.25, 0.3) is 0 Å². The molecule has 0 aliphatic carbocycles. The molecule has 0 aromatic carbocycles.